The fourth-order valence-corrected chi connectivity index (χ4v) is 3.87. The van der Waals surface area contributed by atoms with Gasteiger partial charge in [-0.1, -0.05) is 20.8 Å². The first-order valence-corrected chi connectivity index (χ1v) is 9.35. The zero-order chi connectivity index (χ0) is 15.8. The van der Waals surface area contributed by atoms with Gasteiger partial charge >= 0.3 is 0 Å². The minimum Gasteiger partial charge on any atom is -0.337 e. The molecule has 1 amide bonds. The zero-order valence-corrected chi connectivity index (χ0v) is 14.0. The molecular formula is C13H20ClN3O3S. The van der Waals surface area contributed by atoms with Crippen LogP contribution in [0.15, 0.2) is 4.90 Å². The number of hydrogen-bond acceptors (Lipinski definition) is 4. The average Bonchev–Trinajstić information content (AvgIpc) is 2.83. The van der Waals surface area contributed by atoms with Crippen LogP contribution in [0.1, 0.15) is 55.7 Å². The molecule has 1 aromatic heterocycles. The van der Waals surface area contributed by atoms with E-state index in [9.17, 15) is 13.2 Å². The third kappa shape index (κ3) is 3.40. The largest absolute Gasteiger partial charge is 0.337 e. The molecule has 0 aromatic carbocycles. The number of hydrogen-bond donors (Lipinski definition) is 1. The monoisotopic (exact) mass is 333 g/mol. The molecule has 21 heavy (non-hydrogen) atoms. The Labute approximate surface area is 129 Å². The Morgan fingerprint density at radius 3 is 2.43 bits per heavy atom. The van der Waals surface area contributed by atoms with Gasteiger partial charge < -0.3 is 4.90 Å². The summed E-state index contributed by atoms with van der Waals surface area (Å²) in [5, 5.41) is 6.57. The molecule has 118 valence electrons. The van der Waals surface area contributed by atoms with Crippen molar-refractivity contribution in [1.29, 1.82) is 0 Å². The van der Waals surface area contributed by atoms with Crippen LogP contribution in [0.5, 0.6) is 0 Å². The van der Waals surface area contributed by atoms with Crippen molar-refractivity contribution >= 4 is 25.6 Å². The Kier molecular flexibility index (Phi) is 4.63. The van der Waals surface area contributed by atoms with E-state index in [0.717, 1.165) is 12.8 Å². The minimum atomic E-state index is -4.03. The molecule has 8 heteroatoms. The van der Waals surface area contributed by atoms with E-state index in [-0.39, 0.29) is 22.4 Å². The van der Waals surface area contributed by atoms with Crippen LogP contribution in [0.2, 0.25) is 0 Å². The molecule has 0 spiro atoms. The fourth-order valence-electron chi connectivity index (χ4n) is 2.49. The Bertz CT molecular complexity index is 631. The summed E-state index contributed by atoms with van der Waals surface area (Å²) in [5.41, 5.74) is 0.280. The van der Waals surface area contributed by atoms with Crippen LogP contribution in [-0.2, 0) is 9.05 Å². The molecule has 0 unspecified atom stereocenters. The summed E-state index contributed by atoms with van der Waals surface area (Å²) in [6.45, 7) is 7.00. The molecule has 1 N–H and O–H groups in total. The van der Waals surface area contributed by atoms with Crippen LogP contribution in [0.3, 0.4) is 0 Å². The van der Waals surface area contributed by atoms with Gasteiger partial charge in [-0.05, 0) is 24.7 Å². The molecule has 1 saturated heterocycles. The van der Waals surface area contributed by atoms with Crippen molar-refractivity contribution in [2.24, 2.45) is 5.92 Å². The summed E-state index contributed by atoms with van der Waals surface area (Å²) < 4.78 is 23.6. The second-order valence-corrected chi connectivity index (χ2v) is 8.39. The average molecular weight is 334 g/mol. The molecule has 6 nitrogen and oxygen atoms in total. The Morgan fingerprint density at radius 2 is 1.95 bits per heavy atom. The Hall–Kier alpha value is -1.08. The van der Waals surface area contributed by atoms with Crippen molar-refractivity contribution < 1.29 is 13.2 Å². The Morgan fingerprint density at radius 1 is 1.38 bits per heavy atom. The minimum absolute atomic E-state index is 0.0942. The fraction of sp³-hybridized carbons (Fsp3) is 0.692. The molecule has 2 heterocycles. The predicted molar refractivity (Wildman–Crippen MR) is 80.0 cm³/mol. The molecule has 2 rings (SSSR count). The lowest BCUT2D eigenvalue weighted by atomic mass is 9.99. The highest BCUT2D eigenvalue weighted by Crippen LogP contribution is 2.29. The van der Waals surface area contributed by atoms with Gasteiger partial charge in [0.05, 0.1) is 5.69 Å². The molecule has 0 radical (unpaired) electrons. The summed E-state index contributed by atoms with van der Waals surface area (Å²) in [6, 6.07) is 0. The van der Waals surface area contributed by atoms with Gasteiger partial charge in [-0.3, -0.25) is 9.89 Å². The SMILES string of the molecule is CC1CCN(C(=O)c2n[nH]c(C(C)C)c2S(=O)(=O)Cl)CC1. The van der Waals surface area contributed by atoms with Crippen LogP contribution in [0, 0.1) is 5.92 Å². The highest BCUT2D eigenvalue weighted by molar-refractivity contribution is 8.13. The van der Waals surface area contributed by atoms with E-state index < -0.39 is 9.05 Å². The number of nitrogens with zero attached hydrogens (tertiary/aromatic N) is 2. The van der Waals surface area contributed by atoms with Gasteiger partial charge in [-0.25, -0.2) is 8.42 Å². The van der Waals surface area contributed by atoms with E-state index >= 15 is 0 Å². The van der Waals surface area contributed by atoms with Crippen LogP contribution in [0.4, 0.5) is 0 Å². The second-order valence-electron chi connectivity index (χ2n) is 5.88. The normalized spacial score (nSPS) is 17.5. The maximum Gasteiger partial charge on any atom is 0.275 e. The first kappa shape index (κ1) is 16.3. The molecule has 1 aliphatic heterocycles. The molecule has 1 fully saturated rings. The summed E-state index contributed by atoms with van der Waals surface area (Å²) in [6.07, 6.45) is 1.83. The van der Waals surface area contributed by atoms with Crippen LogP contribution >= 0.6 is 10.7 Å². The van der Waals surface area contributed by atoms with Crippen molar-refractivity contribution in [3.05, 3.63) is 11.4 Å². The summed E-state index contributed by atoms with van der Waals surface area (Å²) >= 11 is 0. The van der Waals surface area contributed by atoms with E-state index in [1.165, 1.54) is 0 Å². The number of likely N-dealkylation sites (tertiary alicyclic amines) is 1. The highest BCUT2D eigenvalue weighted by atomic mass is 35.7. The maximum atomic E-state index is 12.5. The molecular weight excluding hydrogens is 314 g/mol. The molecule has 0 saturated carbocycles. The van der Waals surface area contributed by atoms with Gasteiger partial charge in [0, 0.05) is 23.8 Å². The molecule has 1 aromatic rings. The number of carbonyl (C=O) groups is 1. The molecule has 1 aliphatic rings. The van der Waals surface area contributed by atoms with Crippen LogP contribution in [-0.4, -0.2) is 42.5 Å². The number of nitrogens with one attached hydrogen (secondary N) is 1. The lowest BCUT2D eigenvalue weighted by molar-refractivity contribution is 0.0687. The quantitative estimate of drug-likeness (QED) is 0.860. The second kappa shape index (κ2) is 5.96. The third-order valence-electron chi connectivity index (χ3n) is 3.84. The van der Waals surface area contributed by atoms with E-state index in [1.807, 2.05) is 13.8 Å². The number of aromatic nitrogens is 2. The van der Waals surface area contributed by atoms with Crippen LogP contribution < -0.4 is 0 Å². The Balaban J connectivity index is 2.38. The van der Waals surface area contributed by atoms with Gasteiger partial charge in [-0.2, -0.15) is 5.10 Å². The molecule has 0 aliphatic carbocycles. The lowest BCUT2D eigenvalue weighted by Crippen LogP contribution is -2.38. The summed E-state index contributed by atoms with van der Waals surface area (Å²) in [4.78, 5) is 14.0. The first-order valence-electron chi connectivity index (χ1n) is 7.04. The number of halogens is 1. The third-order valence-corrected chi connectivity index (χ3v) is 5.21. The summed E-state index contributed by atoms with van der Waals surface area (Å²) in [7, 11) is 1.47. The smallest absolute Gasteiger partial charge is 0.275 e. The standard InChI is InChI=1S/C13H20ClN3O3S/c1-8(2)10-12(21(14,19)20)11(16-15-10)13(18)17-6-4-9(3)5-7-17/h8-9H,4-7H2,1-3H3,(H,15,16). The van der Waals surface area contributed by atoms with Gasteiger partial charge in [0.1, 0.15) is 4.90 Å². The molecule has 0 bridgehead atoms. The van der Waals surface area contributed by atoms with Crippen molar-refractivity contribution in [2.45, 2.75) is 44.4 Å². The van der Waals surface area contributed by atoms with Crippen molar-refractivity contribution in [3.8, 4) is 0 Å². The van der Waals surface area contributed by atoms with Gasteiger partial charge in [-0.15, -0.1) is 0 Å². The maximum absolute atomic E-state index is 12.5. The van der Waals surface area contributed by atoms with E-state index in [1.54, 1.807) is 4.90 Å². The van der Waals surface area contributed by atoms with Crippen molar-refractivity contribution in [2.75, 3.05) is 13.1 Å². The number of carbonyl (C=O) groups excluding carboxylic acids is 1. The predicted octanol–water partition coefficient (Wildman–Crippen LogP) is 2.33. The number of piperidine rings is 1. The number of amides is 1. The first-order chi connectivity index (χ1) is 9.71. The van der Waals surface area contributed by atoms with Crippen molar-refractivity contribution in [3.63, 3.8) is 0 Å². The lowest BCUT2D eigenvalue weighted by Gasteiger charge is -2.29. The van der Waals surface area contributed by atoms with E-state index in [0.29, 0.717) is 24.7 Å². The molecule has 0 atom stereocenters. The number of rotatable bonds is 3. The summed E-state index contributed by atoms with van der Waals surface area (Å²) in [5.74, 6) is 0.0870. The number of H-pyrrole nitrogens is 1. The number of aromatic amines is 1. The van der Waals surface area contributed by atoms with Gasteiger partial charge in [0.2, 0.25) is 0 Å². The van der Waals surface area contributed by atoms with Crippen molar-refractivity contribution in [1.82, 2.24) is 15.1 Å². The van der Waals surface area contributed by atoms with E-state index in [4.69, 9.17) is 10.7 Å². The van der Waals surface area contributed by atoms with E-state index in [2.05, 4.69) is 17.1 Å². The zero-order valence-electron chi connectivity index (χ0n) is 12.4. The topological polar surface area (TPSA) is 83.1 Å². The van der Waals surface area contributed by atoms with Crippen LogP contribution in [0.25, 0.3) is 0 Å². The highest BCUT2D eigenvalue weighted by Gasteiger charge is 2.32. The van der Waals surface area contributed by atoms with Gasteiger partial charge in [0.25, 0.3) is 15.0 Å². The van der Waals surface area contributed by atoms with Gasteiger partial charge in [0.15, 0.2) is 5.69 Å².